The van der Waals surface area contributed by atoms with Gasteiger partial charge in [0.2, 0.25) is 0 Å². The second-order valence-corrected chi connectivity index (χ2v) is 5.41. The van der Waals surface area contributed by atoms with Gasteiger partial charge in [0.25, 0.3) is 0 Å². The first-order valence-electron chi connectivity index (χ1n) is 5.25. The van der Waals surface area contributed by atoms with Gasteiger partial charge in [-0.15, -0.1) is 0 Å². The van der Waals surface area contributed by atoms with Gasteiger partial charge in [-0.3, -0.25) is 0 Å². The van der Waals surface area contributed by atoms with Crippen molar-refractivity contribution in [2.24, 2.45) is 5.73 Å². The summed E-state index contributed by atoms with van der Waals surface area (Å²) in [4.78, 5) is 11.4. The highest BCUT2D eigenvalue weighted by Crippen LogP contribution is 2.18. The Morgan fingerprint density at radius 3 is 2.71 bits per heavy atom. The summed E-state index contributed by atoms with van der Waals surface area (Å²) in [6.07, 6.45) is -0.487. The van der Waals surface area contributed by atoms with Crippen LogP contribution in [0.1, 0.15) is 32.6 Å². The van der Waals surface area contributed by atoms with Crippen molar-refractivity contribution in [1.82, 2.24) is 5.32 Å². The highest BCUT2D eigenvalue weighted by molar-refractivity contribution is 9.10. The molecular formula is C11H17BrN2O3. The Hall–Kier alpha value is -1.01. The minimum absolute atomic E-state index is 0.259. The van der Waals surface area contributed by atoms with Crippen molar-refractivity contribution in [1.29, 1.82) is 0 Å². The molecule has 0 aliphatic carbocycles. The van der Waals surface area contributed by atoms with Gasteiger partial charge in [0.15, 0.2) is 4.67 Å². The van der Waals surface area contributed by atoms with Crippen molar-refractivity contribution in [2.75, 3.05) is 6.54 Å². The number of furan rings is 1. The summed E-state index contributed by atoms with van der Waals surface area (Å²) in [7, 11) is 0. The Kier molecular flexibility index (Phi) is 4.59. The number of carbonyl (C=O) groups is 1. The van der Waals surface area contributed by atoms with Crippen LogP contribution in [0.15, 0.2) is 21.2 Å². The molecule has 1 heterocycles. The van der Waals surface area contributed by atoms with Gasteiger partial charge in [-0.05, 0) is 48.8 Å². The number of ether oxygens (including phenoxy) is 1. The zero-order valence-corrected chi connectivity index (χ0v) is 11.7. The second-order valence-electron chi connectivity index (χ2n) is 4.63. The summed E-state index contributed by atoms with van der Waals surface area (Å²) in [6, 6.07) is 3.11. The fourth-order valence-electron chi connectivity index (χ4n) is 1.14. The molecule has 0 spiro atoms. The second kappa shape index (κ2) is 5.55. The number of hydrogen-bond acceptors (Lipinski definition) is 4. The first-order chi connectivity index (χ1) is 7.78. The maximum Gasteiger partial charge on any atom is 0.407 e. The van der Waals surface area contributed by atoms with Crippen LogP contribution >= 0.6 is 15.9 Å². The lowest BCUT2D eigenvalue weighted by Gasteiger charge is -2.20. The predicted molar refractivity (Wildman–Crippen MR) is 67.6 cm³/mol. The minimum Gasteiger partial charge on any atom is -0.453 e. The summed E-state index contributed by atoms with van der Waals surface area (Å²) in [5.74, 6) is 0.605. The molecule has 3 N–H and O–H groups in total. The van der Waals surface area contributed by atoms with Gasteiger partial charge in [-0.25, -0.2) is 4.79 Å². The molecule has 0 bridgehead atoms. The lowest BCUT2D eigenvalue weighted by molar-refractivity contribution is 0.0523. The summed E-state index contributed by atoms with van der Waals surface area (Å²) < 4.78 is 11.0. The third-order valence-corrected chi connectivity index (χ3v) is 2.25. The average Bonchev–Trinajstić information content (AvgIpc) is 2.58. The molecule has 0 fully saturated rings. The maximum absolute atomic E-state index is 11.4. The quantitative estimate of drug-likeness (QED) is 0.899. The van der Waals surface area contributed by atoms with E-state index in [0.29, 0.717) is 10.4 Å². The molecule has 1 atom stereocenters. The Bertz CT molecular complexity index is 384. The van der Waals surface area contributed by atoms with E-state index < -0.39 is 17.7 Å². The fraction of sp³-hybridized carbons (Fsp3) is 0.545. The lowest BCUT2D eigenvalue weighted by atomic mass is 10.2. The molecule has 6 heteroatoms. The monoisotopic (exact) mass is 304 g/mol. The van der Waals surface area contributed by atoms with E-state index in [9.17, 15) is 4.79 Å². The minimum atomic E-state index is -0.512. The van der Waals surface area contributed by atoms with Crippen molar-refractivity contribution in [2.45, 2.75) is 32.4 Å². The van der Waals surface area contributed by atoms with Gasteiger partial charge in [0.1, 0.15) is 11.4 Å². The van der Waals surface area contributed by atoms with Crippen LogP contribution in [0.25, 0.3) is 0 Å². The molecule has 5 nitrogen and oxygen atoms in total. The summed E-state index contributed by atoms with van der Waals surface area (Å²) in [6.45, 7) is 5.66. The van der Waals surface area contributed by atoms with Crippen molar-refractivity contribution in [3.63, 3.8) is 0 Å². The molecule has 17 heavy (non-hydrogen) atoms. The Balaban J connectivity index is 2.38. The first-order valence-corrected chi connectivity index (χ1v) is 6.05. The normalized spacial score (nSPS) is 13.2. The maximum atomic E-state index is 11.4. The molecule has 1 rings (SSSR count). The van der Waals surface area contributed by atoms with Gasteiger partial charge >= 0.3 is 6.09 Å². The van der Waals surface area contributed by atoms with E-state index in [1.165, 1.54) is 0 Å². The number of nitrogens with one attached hydrogen (secondary N) is 1. The van der Waals surface area contributed by atoms with Crippen molar-refractivity contribution < 1.29 is 13.9 Å². The van der Waals surface area contributed by atoms with E-state index in [4.69, 9.17) is 14.9 Å². The number of amides is 1. The van der Waals surface area contributed by atoms with E-state index >= 15 is 0 Å². The van der Waals surface area contributed by atoms with Crippen LogP contribution in [0.3, 0.4) is 0 Å². The van der Waals surface area contributed by atoms with Crippen LogP contribution in [-0.2, 0) is 4.74 Å². The molecule has 0 saturated carbocycles. The van der Waals surface area contributed by atoms with Crippen molar-refractivity contribution in [3.8, 4) is 0 Å². The lowest BCUT2D eigenvalue weighted by Crippen LogP contribution is -2.36. The molecule has 0 aliphatic rings. The Morgan fingerprint density at radius 1 is 1.59 bits per heavy atom. The van der Waals surface area contributed by atoms with Gasteiger partial charge < -0.3 is 20.2 Å². The standard InChI is InChI=1S/C11H17BrN2O3/c1-11(2,3)17-10(15)14-6-7(13)8-4-5-9(12)16-8/h4-5,7H,6,13H2,1-3H3,(H,14,15). The fourth-order valence-corrected chi connectivity index (χ4v) is 1.45. The zero-order valence-electron chi connectivity index (χ0n) is 10.1. The zero-order chi connectivity index (χ0) is 13.1. The van der Waals surface area contributed by atoms with Crippen LogP contribution < -0.4 is 11.1 Å². The third-order valence-electron chi connectivity index (χ3n) is 1.82. The van der Waals surface area contributed by atoms with E-state index in [0.717, 1.165) is 0 Å². The van der Waals surface area contributed by atoms with Crippen molar-refractivity contribution in [3.05, 3.63) is 22.6 Å². The van der Waals surface area contributed by atoms with E-state index in [-0.39, 0.29) is 6.54 Å². The van der Waals surface area contributed by atoms with Gasteiger partial charge in [0, 0.05) is 6.54 Å². The number of carbonyl (C=O) groups excluding carboxylic acids is 1. The van der Waals surface area contributed by atoms with Crippen LogP contribution in [0.5, 0.6) is 0 Å². The Morgan fingerprint density at radius 2 is 2.24 bits per heavy atom. The summed E-state index contributed by atoms with van der Waals surface area (Å²) >= 11 is 3.19. The molecule has 0 aromatic carbocycles. The molecule has 1 aromatic heterocycles. The van der Waals surface area contributed by atoms with Crippen LogP contribution in [-0.4, -0.2) is 18.2 Å². The van der Waals surface area contributed by atoms with E-state index in [2.05, 4.69) is 21.2 Å². The summed E-state index contributed by atoms with van der Waals surface area (Å²) in [5, 5.41) is 2.59. The number of hydrogen-bond donors (Lipinski definition) is 2. The van der Waals surface area contributed by atoms with Gasteiger partial charge in [-0.1, -0.05) is 0 Å². The van der Waals surface area contributed by atoms with Crippen LogP contribution in [0.2, 0.25) is 0 Å². The number of alkyl carbamates (subject to hydrolysis) is 1. The number of rotatable bonds is 3. The first kappa shape index (κ1) is 14.1. The molecular weight excluding hydrogens is 288 g/mol. The molecule has 0 radical (unpaired) electrons. The molecule has 0 aliphatic heterocycles. The van der Waals surface area contributed by atoms with Crippen molar-refractivity contribution >= 4 is 22.0 Å². The largest absolute Gasteiger partial charge is 0.453 e. The van der Waals surface area contributed by atoms with Crippen LogP contribution in [0.4, 0.5) is 4.79 Å². The van der Waals surface area contributed by atoms with Gasteiger partial charge in [0.05, 0.1) is 6.04 Å². The molecule has 1 aromatic rings. The molecule has 96 valence electrons. The summed E-state index contributed by atoms with van der Waals surface area (Å²) in [5.41, 5.74) is 5.32. The highest BCUT2D eigenvalue weighted by atomic mass is 79.9. The van der Waals surface area contributed by atoms with Crippen LogP contribution in [0, 0.1) is 0 Å². The predicted octanol–water partition coefficient (Wildman–Crippen LogP) is 2.57. The molecule has 1 unspecified atom stereocenters. The molecule has 1 amide bonds. The number of nitrogens with two attached hydrogens (primary N) is 1. The highest BCUT2D eigenvalue weighted by Gasteiger charge is 2.17. The Labute approximate surface area is 109 Å². The van der Waals surface area contributed by atoms with E-state index in [1.54, 1.807) is 32.9 Å². The molecule has 0 saturated heterocycles. The SMILES string of the molecule is CC(C)(C)OC(=O)NCC(N)c1ccc(Br)o1. The topological polar surface area (TPSA) is 77.5 Å². The van der Waals surface area contributed by atoms with Gasteiger partial charge in [-0.2, -0.15) is 0 Å². The average molecular weight is 305 g/mol. The number of halogens is 1. The third kappa shape index (κ3) is 5.23. The smallest absolute Gasteiger partial charge is 0.407 e. The van der Waals surface area contributed by atoms with E-state index in [1.807, 2.05) is 0 Å².